The Balaban J connectivity index is 1.49. The van der Waals surface area contributed by atoms with Crippen LogP contribution in [0.5, 0.6) is 0 Å². The minimum Gasteiger partial charge on any atom is -0.379 e. The van der Waals surface area contributed by atoms with Crippen molar-refractivity contribution in [2.45, 2.75) is 17.7 Å². The molecule has 0 aromatic heterocycles. The molecular formula is C19H27N3O4S. The predicted octanol–water partition coefficient (Wildman–Crippen LogP) is 0.875. The molecular weight excluding hydrogens is 366 g/mol. The smallest absolute Gasteiger partial charge is 0.255 e. The lowest BCUT2D eigenvalue weighted by molar-refractivity contribution is 0.0626. The van der Waals surface area contributed by atoms with Crippen LogP contribution in [0.3, 0.4) is 0 Å². The molecule has 4 rings (SSSR count). The zero-order chi connectivity index (χ0) is 18.9. The quantitative estimate of drug-likeness (QED) is 0.743. The number of hydrogen-bond acceptors (Lipinski definition) is 5. The van der Waals surface area contributed by atoms with Crippen LogP contribution in [0.15, 0.2) is 29.2 Å². The van der Waals surface area contributed by atoms with Crippen LogP contribution in [0.25, 0.3) is 0 Å². The lowest BCUT2D eigenvalue weighted by Crippen LogP contribution is -2.49. The second-order valence-electron chi connectivity index (χ2n) is 7.55. The van der Waals surface area contributed by atoms with E-state index < -0.39 is 10.0 Å². The molecule has 148 valence electrons. The zero-order valence-corrected chi connectivity index (χ0v) is 16.4. The number of nitrogens with zero attached hydrogens (tertiary/aromatic N) is 3. The van der Waals surface area contributed by atoms with Crippen LogP contribution < -0.4 is 0 Å². The summed E-state index contributed by atoms with van der Waals surface area (Å²) in [6.07, 6.45) is 2.65. The summed E-state index contributed by atoms with van der Waals surface area (Å²) in [5, 5.41) is 0. The van der Waals surface area contributed by atoms with Gasteiger partial charge in [-0.05, 0) is 30.9 Å². The van der Waals surface area contributed by atoms with E-state index in [0.717, 1.165) is 25.6 Å². The van der Waals surface area contributed by atoms with Gasteiger partial charge in [-0.1, -0.05) is 12.1 Å². The molecule has 0 atom stereocenters. The Kier molecular flexibility index (Phi) is 5.50. The fraction of sp³-hybridized carbons (Fsp3) is 0.632. The molecule has 3 aliphatic rings. The molecule has 0 spiro atoms. The molecule has 1 aromatic carbocycles. The summed E-state index contributed by atoms with van der Waals surface area (Å²) in [5.41, 5.74) is 0.277. The first-order valence-electron chi connectivity index (χ1n) is 9.74. The zero-order valence-electron chi connectivity index (χ0n) is 15.5. The number of piperazine rings is 1. The van der Waals surface area contributed by atoms with E-state index >= 15 is 0 Å². The van der Waals surface area contributed by atoms with Crippen molar-refractivity contribution < 1.29 is 17.9 Å². The van der Waals surface area contributed by atoms with Crippen molar-refractivity contribution in [3.8, 4) is 0 Å². The molecule has 27 heavy (non-hydrogen) atoms. The molecule has 1 aromatic rings. The number of carbonyl (C=O) groups excluding carboxylic acids is 1. The fourth-order valence-electron chi connectivity index (χ4n) is 3.76. The molecule has 0 radical (unpaired) electrons. The molecule has 2 heterocycles. The Morgan fingerprint density at radius 3 is 2.33 bits per heavy atom. The maximum atomic E-state index is 13.1. The number of morpholine rings is 1. The molecule has 0 bridgehead atoms. The molecule has 2 aliphatic heterocycles. The Morgan fingerprint density at radius 1 is 1.00 bits per heavy atom. The third-order valence-electron chi connectivity index (χ3n) is 5.58. The highest BCUT2D eigenvalue weighted by atomic mass is 32.2. The van der Waals surface area contributed by atoms with Gasteiger partial charge in [0.2, 0.25) is 10.0 Å². The average Bonchev–Trinajstić information content (AvgIpc) is 3.53. The van der Waals surface area contributed by atoms with E-state index in [1.807, 2.05) is 0 Å². The Labute approximate surface area is 160 Å². The summed E-state index contributed by atoms with van der Waals surface area (Å²) in [6, 6.07) is 6.58. The van der Waals surface area contributed by atoms with Gasteiger partial charge < -0.3 is 9.64 Å². The van der Waals surface area contributed by atoms with Gasteiger partial charge in [-0.2, -0.15) is 4.31 Å². The number of carbonyl (C=O) groups is 1. The van der Waals surface area contributed by atoms with E-state index in [1.165, 1.54) is 17.1 Å². The molecule has 1 amide bonds. The Hall–Kier alpha value is -1.48. The van der Waals surface area contributed by atoms with Gasteiger partial charge in [0.15, 0.2) is 0 Å². The lowest BCUT2D eigenvalue weighted by Gasteiger charge is -2.35. The number of amides is 1. The summed E-state index contributed by atoms with van der Waals surface area (Å²) in [4.78, 5) is 17.4. The minimum atomic E-state index is -3.70. The monoisotopic (exact) mass is 393 g/mol. The fourth-order valence-corrected chi connectivity index (χ4v) is 5.36. The number of benzene rings is 1. The molecule has 1 saturated carbocycles. The van der Waals surface area contributed by atoms with Gasteiger partial charge in [0.25, 0.3) is 5.91 Å². The predicted molar refractivity (Wildman–Crippen MR) is 101 cm³/mol. The van der Waals surface area contributed by atoms with Gasteiger partial charge >= 0.3 is 0 Å². The van der Waals surface area contributed by atoms with E-state index in [2.05, 4.69) is 4.90 Å². The third kappa shape index (κ3) is 4.18. The van der Waals surface area contributed by atoms with Gasteiger partial charge in [0.1, 0.15) is 0 Å². The first kappa shape index (κ1) is 18.9. The first-order chi connectivity index (χ1) is 13.1. The van der Waals surface area contributed by atoms with Crippen molar-refractivity contribution in [2.75, 3.05) is 59.0 Å². The minimum absolute atomic E-state index is 0.109. The van der Waals surface area contributed by atoms with E-state index in [0.29, 0.717) is 39.4 Å². The summed E-state index contributed by atoms with van der Waals surface area (Å²) in [7, 11) is -3.70. The third-order valence-corrected chi connectivity index (χ3v) is 7.53. The van der Waals surface area contributed by atoms with Crippen molar-refractivity contribution in [3.63, 3.8) is 0 Å². The van der Waals surface area contributed by atoms with Gasteiger partial charge in [-0.15, -0.1) is 0 Å². The van der Waals surface area contributed by atoms with Crippen molar-refractivity contribution in [3.05, 3.63) is 29.8 Å². The van der Waals surface area contributed by atoms with Crippen molar-refractivity contribution in [1.29, 1.82) is 0 Å². The average molecular weight is 394 g/mol. The van der Waals surface area contributed by atoms with E-state index in [9.17, 15) is 13.2 Å². The van der Waals surface area contributed by atoms with E-state index in [-0.39, 0.29) is 16.4 Å². The SMILES string of the molecule is O=C(c1ccccc1S(=O)(=O)N1CCOCC1)N1CCN(CC2CC2)CC1. The first-order valence-corrected chi connectivity index (χ1v) is 11.2. The normalized spacial score (nSPS) is 22.7. The van der Waals surface area contributed by atoms with Gasteiger partial charge in [0, 0.05) is 45.8 Å². The molecule has 1 aliphatic carbocycles. The topological polar surface area (TPSA) is 70.2 Å². The molecule has 0 unspecified atom stereocenters. The van der Waals surface area contributed by atoms with Crippen LogP contribution in [0.4, 0.5) is 0 Å². The van der Waals surface area contributed by atoms with Crippen LogP contribution in [0.2, 0.25) is 0 Å². The second kappa shape index (κ2) is 7.87. The van der Waals surface area contributed by atoms with Crippen molar-refractivity contribution >= 4 is 15.9 Å². The molecule has 3 fully saturated rings. The van der Waals surface area contributed by atoms with Gasteiger partial charge in [-0.25, -0.2) is 8.42 Å². The van der Waals surface area contributed by atoms with Crippen LogP contribution in [-0.2, 0) is 14.8 Å². The maximum absolute atomic E-state index is 13.1. The van der Waals surface area contributed by atoms with Crippen LogP contribution in [-0.4, -0.2) is 87.5 Å². The summed E-state index contributed by atoms with van der Waals surface area (Å²) >= 11 is 0. The van der Waals surface area contributed by atoms with Crippen LogP contribution >= 0.6 is 0 Å². The van der Waals surface area contributed by atoms with Crippen LogP contribution in [0.1, 0.15) is 23.2 Å². The van der Waals surface area contributed by atoms with E-state index in [4.69, 9.17) is 4.74 Å². The molecule has 8 heteroatoms. The number of sulfonamides is 1. The van der Waals surface area contributed by atoms with Gasteiger partial charge in [0.05, 0.1) is 23.7 Å². The maximum Gasteiger partial charge on any atom is 0.255 e. The molecule has 7 nitrogen and oxygen atoms in total. The van der Waals surface area contributed by atoms with Crippen molar-refractivity contribution in [1.82, 2.24) is 14.1 Å². The standard InChI is InChI=1S/C19H27N3O4S/c23-19(21-9-7-20(8-10-21)15-16-5-6-16)17-3-1-2-4-18(17)27(24,25)22-11-13-26-14-12-22/h1-4,16H,5-15H2. The largest absolute Gasteiger partial charge is 0.379 e. The Bertz CT molecular complexity index is 780. The molecule has 0 N–H and O–H groups in total. The highest BCUT2D eigenvalue weighted by Crippen LogP contribution is 2.30. The van der Waals surface area contributed by atoms with Crippen LogP contribution in [0, 0.1) is 5.92 Å². The lowest BCUT2D eigenvalue weighted by atomic mass is 10.1. The summed E-state index contributed by atoms with van der Waals surface area (Å²) in [5.74, 6) is 0.653. The summed E-state index contributed by atoms with van der Waals surface area (Å²) < 4.78 is 32.8. The van der Waals surface area contributed by atoms with E-state index in [1.54, 1.807) is 29.2 Å². The number of ether oxygens (including phenoxy) is 1. The highest BCUT2D eigenvalue weighted by molar-refractivity contribution is 7.89. The Morgan fingerprint density at radius 2 is 1.67 bits per heavy atom. The van der Waals surface area contributed by atoms with Crippen molar-refractivity contribution in [2.24, 2.45) is 5.92 Å². The number of hydrogen-bond donors (Lipinski definition) is 0. The summed E-state index contributed by atoms with van der Waals surface area (Å²) in [6.45, 7) is 5.58. The highest BCUT2D eigenvalue weighted by Gasteiger charge is 2.33. The van der Waals surface area contributed by atoms with Gasteiger partial charge in [-0.3, -0.25) is 9.69 Å². The second-order valence-corrected chi connectivity index (χ2v) is 9.46. The molecule has 2 saturated heterocycles. The number of rotatable bonds is 5.